The molecule has 0 bridgehead atoms. The Morgan fingerprint density at radius 3 is 2.58 bits per heavy atom. The average Bonchev–Trinajstić information content (AvgIpc) is 3.22. The molecule has 1 aromatic heterocycles. The van der Waals surface area contributed by atoms with E-state index in [2.05, 4.69) is 51.4 Å². The van der Waals surface area contributed by atoms with E-state index in [9.17, 15) is 0 Å². The zero-order valence-electron chi connectivity index (χ0n) is 19.1. The number of benzene rings is 1. The van der Waals surface area contributed by atoms with E-state index in [1.807, 2.05) is 18.3 Å². The van der Waals surface area contributed by atoms with Gasteiger partial charge >= 0.3 is 0 Å². The Kier molecular flexibility index (Phi) is 9.42. The first-order valence-corrected chi connectivity index (χ1v) is 12.0. The van der Waals surface area contributed by atoms with E-state index >= 15 is 0 Å². The lowest BCUT2D eigenvalue weighted by Crippen LogP contribution is -2.46. The highest BCUT2D eigenvalue weighted by Gasteiger charge is 2.16. The number of hydrogen-bond donors (Lipinski definition) is 2. The van der Waals surface area contributed by atoms with Gasteiger partial charge in [-0.05, 0) is 44.5 Å². The van der Waals surface area contributed by atoms with E-state index in [1.54, 1.807) is 18.4 Å². The first-order chi connectivity index (χ1) is 15.2. The fraction of sp³-hybridized carbons (Fsp3) is 0.565. The van der Waals surface area contributed by atoms with Crippen LogP contribution in [0.5, 0.6) is 5.75 Å². The maximum Gasteiger partial charge on any atom is 0.191 e. The van der Waals surface area contributed by atoms with Crippen molar-refractivity contribution in [1.82, 2.24) is 20.5 Å². The fourth-order valence-electron chi connectivity index (χ4n) is 3.65. The van der Waals surface area contributed by atoms with E-state index in [1.165, 1.54) is 15.6 Å². The van der Waals surface area contributed by atoms with Crippen LogP contribution >= 0.6 is 11.3 Å². The number of ether oxygens (including phenoxy) is 1. The normalized spacial score (nSPS) is 15.2. The van der Waals surface area contributed by atoms with Gasteiger partial charge in [0.05, 0.1) is 12.1 Å². The van der Waals surface area contributed by atoms with Gasteiger partial charge in [0.1, 0.15) is 5.75 Å². The SMILES string of the molecule is CCNC(=NCCCN1CCN(c2ccc(OC)cc2)CC1)NCCc1ncc(C)s1. The third kappa shape index (κ3) is 7.70. The van der Waals surface area contributed by atoms with Crippen molar-refractivity contribution < 1.29 is 4.74 Å². The molecule has 0 aliphatic carbocycles. The second-order valence-electron chi connectivity index (χ2n) is 7.68. The molecule has 8 heteroatoms. The van der Waals surface area contributed by atoms with E-state index in [-0.39, 0.29) is 0 Å². The Balaban J connectivity index is 1.34. The molecule has 2 N–H and O–H groups in total. The lowest BCUT2D eigenvalue weighted by atomic mass is 10.2. The van der Waals surface area contributed by atoms with Crippen LogP contribution in [0.2, 0.25) is 0 Å². The van der Waals surface area contributed by atoms with Crippen molar-refractivity contribution in [2.24, 2.45) is 4.99 Å². The lowest BCUT2D eigenvalue weighted by molar-refractivity contribution is 0.256. The van der Waals surface area contributed by atoms with Gasteiger partial charge in [0, 0.05) is 75.5 Å². The van der Waals surface area contributed by atoms with Crippen LogP contribution in [0.3, 0.4) is 0 Å². The van der Waals surface area contributed by atoms with Crippen molar-refractivity contribution in [3.63, 3.8) is 0 Å². The summed E-state index contributed by atoms with van der Waals surface area (Å²) in [7, 11) is 1.71. The molecular weight excluding hydrogens is 408 g/mol. The highest BCUT2D eigenvalue weighted by atomic mass is 32.1. The van der Waals surface area contributed by atoms with Crippen molar-refractivity contribution in [3.8, 4) is 5.75 Å². The predicted octanol–water partition coefficient (Wildman–Crippen LogP) is 2.77. The van der Waals surface area contributed by atoms with E-state index in [4.69, 9.17) is 9.73 Å². The smallest absolute Gasteiger partial charge is 0.191 e. The van der Waals surface area contributed by atoms with Gasteiger partial charge in [0.25, 0.3) is 0 Å². The molecule has 1 saturated heterocycles. The molecule has 31 heavy (non-hydrogen) atoms. The number of aromatic nitrogens is 1. The van der Waals surface area contributed by atoms with Crippen molar-refractivity contribution in [3.05, 3.63) is 40.3 Å². The minimum atomic E-state index is 0.838. The third-order valence-electron chi connectivity index (χ3n) is 5.36. The zero-order chi connectivity index (χ0) is 21.9. The Hall–Kier alpha value is -2.32. The monoisotopic (exact) mass is 444 g/mol. The summed E-state index contributed by atoms with van der Waals surface area (Å²) in [5, 5.41) is 7.94. The molecule has 170 valence electrons. The molecule has 1 aliphatic heterocycles. The predicted molar refractivity (Wildman–Crippen MR) is 131 cm³/mol. The lowest BCUT2D eigenvalue weighted by Gasteiger charge is -2.36. The van der Waals surface area contributed by atoms with Gasteiger partial charge in [-0.25, -0.2) is 4.98 Å². The highest BCUT2D eigenvalue weighted by Crippen LogP contribution is 2.20. The molecule has 1 fully saturated rings. The van der Waals surface area contributed by atoms with E-state index in [0.29, 0.717) is 0 Å². The summed E-state index contributed by atoms with van der Waals surface area (Å²) in [5.41, 5.74) is 1.28. The van der Waals surface area contributed by atoms with Crippen LogP contribution in [0.25, 0.3) is 0 Å². The van der Waals surface area contributed by atoms with Gasteiger partial charge in [-0.15, -0.1) is 11.3 Å². The molecule has 0 spiro atoms. The quantitative estimate of drug-likeness (QED) is 0.334. The van der Waals surface area contributed by atoms with Crippen LogP contribution < -0.4 is 20.3 Å². The van der Waals surface area contributed by atoms with Gasteiger partial charge in [0.2, 0.25) is 0 Å². The molecular formula is C23H36N6OS. The molecule has 0 saturated carbocycles. The first kappa shape index (κ1) is 23.3. The number of nitrogens with zero attached hydrogens (tertiary/aromatic N) is 4. The molecule has 3 rings (SSSR count). The standard InChI is InChI=1S/C23H36N6OS/c1-4-24-23(26-12-10-22-27-18-19(2)31-22)25-11-5-13-28-14-16-29(17-15-28)20-6-8-21(30-3)9-7-20/h6-9,18H,4-5,10-17H2,1-3H3,(H2,24,25,26). The van der Waals surface area contributed by atoms with Crippen LogP contribution in [0.1, 0.15) is 23.2 Å². The number of anilines is 1. The van der Waals surface area contributed by atoms with Gasteiger partial charge in [-0.1, -0.05) is 0 Å². The minimum absolute atomic E-state index is 0.838. The summed E-state index contributed by atoms with van der Waals surface area (Å²) >= 11 is 1.76. The van der Waals surface area contributed by atoms with Crippen LogP contribution in [-0.4, -0.2) is 75.3 Å². The summed E-state index contributed by atoms with van der Waals surface area (Å²) in [5.74, 6) is 1.81. The van der Waals surface area contributed by atoms with Gasteiger partial charge < -0.3 is 20.3 Å². The first-order valence-electron chi connectivity index (χ1n) is 11.2. The number of guanidine groups is 1. The Morgan fingerprint density at radius 2 is 1.94 bits per heavy atom. The van der Waals surface area contributed by atoms with Crippen molar-refractivity contribution in [2.75, 3.05) is 64.4 Å². The van der Waals surface area contributed by atoms with Crippen LogP contribution in [-0.2, 0) is 6.42 Å². The van der Waals surface area contributed by atoms with E-state index < -0.39 is 0 Å². The summed E-state index contributed by atoms with van der Waals surface area (Å²) < 4.78 is 5.25. The second kappa shape index (κ2) is 12.5. The number of rotatable bonds is 10. The number of nitrogens with one attached hydrogen (secondary N) is 2. The highest BCUT2D eigenvalue weighted by molar-refractivity contribution is 7.11. The minimum Gasteiger partial charge on any atom is -0.497 e. The Labute approximate surface area is 190 Å². The largest absolute Gasteiger partial charge is 0.497 e. The zero-order valence-corrected chi connectivity index (χ0v) is 19.9. The van der Waals surface area contributed by atoms with Crippen molar-refractivity contribution in [2.45, 2.75) is 26.7 Å². The Bertz CT molecular complexity index is 799. The number of hydrogen-bond acceptors (Lipinski definition) is 6. The molecule has 0 unspecified atom stereocenters. The number of aliphatic imine (C=N–C) groups is 1. The summed E-state index contributed by atoms with van der Waals surface area (Å²) in [6.07, 6.45) is 3.95. The molecule has 2 aromatic rings. The fourth-order valence-corrected chi connectivity index (χ4v) is 4.44. The average molecular weight is 445 g/mol. The maximum absolute atomic E-state index is 5.25. The van der Waals surface area contributed by atoms with Crippen LogP contribution in [0, 0.1) is 6.92 Å². The number of aryl methyl sites for hydroxylation is 1. The van der Waals surface area contributed by atoms with Crippen molar-refractivity contribution in [1.29, 1.82) is 0 Å². The summed E-state index contributed by atoms with van der Waals surface area (Å²) in [6, 6.07) is 8.36. The van der Waals surface area contributed by atoms with E-state index in [0.717, 1.165) is 76.9 Å². The summed E-state index contributed by atoms with van der Waals surface area (Å²) in [6.45, 7) is 12.2. The molecule has 1 aliphatic rings. The van der Waals surface area contributed by atoms with Gasteiger partial charge in [0.15, 0.2) is 5.96 Å². The molecule has 0 radical (unpaired) electrons. The molecule has 0 amide bonds. The molecule has 0 atom stereocenters. The van der Waals surface area contributed by atoms with Crippen molar-refractivity contribution >= 4 is 23.0 Å². The Morgan fingerprint density at radius 1 is 1.16 bits per heavy atom. The topological polar surface area (TPSA) is 65.0 Å². The van der Waals surface area contributed by atoms with Gasteiger partial charge in [-0.3, -0.25) is 9.89 Å². The van der Waals surface area contributed by atoms with Crippen LogP contribution in [0.15, 0.2) is 35.5 Å². The summed E-state index contributed by atoms with van der Waals surface area (Å²) in [4.78, 5) is 15.4. The molecule has 2 heterocycles. The number of thiazole rings is 1. The third-order valence-corrected chi connectivity index (χ3v) is 6.33. The molecule has 7 nitrogen and oxygen atoms in total. The number of piperazine rings is 1. The van der Waals surface area contributed by atoms with Crippen LogP contribution in [0.4, 0.5) is 5.69 Å². The maximum atomic E-state index is 5.25. The van der Waals surface area contributed by atoms with Gasteiger partial charge in [-0.2, -0.15) is 0 Å². The second-order valence-corrected chi connectivity index (χ2v) is 9.00. The molecule has 1 aromatic carbocycles. The number of methoxy groups -OCH3 is 1.